The van der Waals surface area contributed by atoms with Crippen LogP contribution in [0.3, 0.4) is 0 Å². The molecule has 33 heavy (non-hydrogen) atoms. The molecule has 0 bridgehead atoms. The molecule has 0 spiro atoms. The maximum Gasteiger partial charge on any atom is 0.407 e. The lowest BCUT2D eigenvalue weighted by Crippen LogP contribution is -2.52. The molecule has 0 aromatic heterocycles. The van der Waals surface area contributed by atoms with Crippen molar-refractivity contribution in [3.8, 4) is 11.1 Å². The fraction of sp³-hybridized carbons (Fsp3) is 0.375. The first-order valence-corrected chi connectivity index (χ1v) is 12.0. The van der Waals surface area contributed by atoms with Crippen LogP contribution in [0.4, 0.5) is 4.79 Å². The van der Waals surface area contributed by atoms with Crippen LogP contribution < -0.4 is 5.32 Å². The Balaban J connectivity index is 1.67. The molecule has 1 aliphatic rings. The summed E-state index contributed by atoms with van der Waals surface area (Å²) in [6, 6.07) is 15.0. The predicted octanol–water partition coefficient (Wildman–Crippen LogP) is 2.82. The number of alkyl carbamates (subject to hydrolysis) is 1. The van der Waals surface area contributed by atoms with Crippen LogP contribution in [0.15, 0.2) is 48.5 Å². The Hall–Kier alpha value is -3.04. The Labute approximate surface area is 197 Å². The molecule has 2 aromatic rings. The topological polar surface area (TPSA) is 105 Å². The van der Waals surface area contributed by atoms with Crippen LogP contribution in [-0.4, -0.2) is 79.4 Å². The largest absolute Gasteiger partial charge is 0.480 e. The fourth-order valence-corrected chi connectivity index (χ4v) is 4.38. The highest BCUT2D eigenvalue weighted by Crippen LogP contribution is 2.44. The van der Waals surface area contributed by atoms with Crippen molar-refractivity contribution in [1.82, 2.24) is 10.2 Å². The van der Waals surface area contributed by atoms with Crippen molar-refractivity contribution in [1.29, 1.82) is 0 Å². The van der Waals surface area contributed by atoms with Crippen molar-refractivity contribution >= 4 is 29.7 Å². The summed E-state index contributed by atoms with van der Waals surface area (Å²) in [7, 11) is 1.41. The average Bonchev–Trinajstić information content (AvgIpc) is 3.13. The van der Waals surface area contributed by atoms with Gasteiger partial charge in [0.15, 0.2) is 0 Å². The summed E-state index contributed by atoms with van der Waals surface area (Å²) in [6.07, 6.45) is 1.11. The number of aliphatic carboxylic acids is 1. The van der Waals surface area contributed by atoms with Gasteiger partial charge in [0.2, 0.25) is 5.91 Å². The van der Waals surface area contributed by atoms with Gasteiger partial charge in [0, 0.05) is 25.3 Å². The lowest BCUT2D eigenvalue weighted by molar-refractivity contribution is -0.145. The number of fused-ring (bicyclic) bond motifs is 3. The number of rotatable bonds is 11. The molecule has 2 N–H and O–H groups in total. The third kappa shape index (κ3) is 6.06. The van der Waals surface area contributed by atoms with Crippen molar-refractivity contribution in [2.24, 2.45) is 0 Å². The van der Waals surface area contributed by atoms with E-state index in [-0.39, 0.29) is 25.7 Å². The lowest BCUT2D eigenvalue weighted by atomic mass is 9.98. The van der Waals surface area contributed by atoms with E-state index < -0.39 is 30.6 Å². The highest BCUT2D eigenvalue weighted by Gasteiger charge is 2.31. The van der Waals surface area contributed by atoms with Crippen LogP contribution in [-0.2, 0) is 19.1 Å². The van der Waals surface area contributed by atoms with E-state index >= 15 is 0 Å². The van der Waals surface area contributed by atoms with Gasteiger partial charge in [-0.3, -0.25) is 9.59 Å². The molecule has 2 amide bonds. The Morgan fingerprint density at radius 2 is 1.70 bits per heavy atom. The van der Waals surface area contributed by atoms with Gasteiger partial charge in [0.25, 0.3) is 0 Å². The molecule has 9 heteroatoms. The summed E-state index contributed by atoms with van der Waals surface area (Å²) in [4.78, 5) is 37.9. The van der Waals surface area contributed by atoms with E-state index in [9.17, 15) is 14.4 Å². The first-order valence-electron chi connectivity index (χ1n) is 10.6. The van der Waals surface area contributed by atoms with E-state index in [1.807, 2.05) is 54.8 Å². The lowest BCUT2D eigenvalue weighted by Gasteiger charge is -2.26. The zero-order valence-corrected chi connectivity index (χ0v) is 19.5. The number of carbonyl (C=O) groups excluding carboxylic acids is 2. The van der Waals surface area contributed by atoms with Gasteiger partial charge in [-0.2, -0.15) is 11.8 Å². The number of nitrogens with zero attached hydrogens (tertiary/aromatic N) is 1. The second-order valence-electron chi connectivity index (χ2n) is 7.62. The second-order valence-corrected chi connectivity index (χ2v) is 8.61. The van der Waals surface area contributed by atoms with Gasteiger partial charge in [0.05, 0.1) is 6.61 Å². The van der Waals surface area contributed by atoms with Gasteiger partial charge in [0.1, 0.15) is 19.2 Å². The van der Waals surface area contributed by atoms with Gasteiger partial charge < -0.3 is 24.8 Å². The van der Waals surface area contributed by atoms with Crippen LogP contribution in [0, 0.1) is 0 Å². The number of benzene rings is 2. The van der Waals surface area contributed by atoms with Crippen LogP contribution in [0.5, 0.6) is 0 Å². The molecule has 1 atom stereocenters. The van der Waals surface area contributed by atoms with Crippen LogP contribution in [0.25, 0.3) is 11.1 Å². The normalized spacial score (nSPS) is 13.0. The van der Waals surface area contributed by atoms with E-state index in [1.165, 1.54) is 23.8 Å². The molecule has 0 aliphatic heterocycles. The van der Waals surface area contributed by atoms with Crippen molar-refractivity contribution in [3.63, 3.8) is 0 Å². The Bertz CT molecular complexity index is 953. The molecular formula is C24H28N2O6S. The summed E-state index contributed by atoms with van der Waals surface area (Å²) in [5.41, 5.74) is 4.40. The highest BCUT2D eigenvalue weighted by molar-refractivity contribution is 7.98. The molecule has 1 aliphatic carbocycles. The Kier molecular flexibility index (Phi) is 8.73. The van der Waals surface area contributed by atoms with Gasteiger partial charge in [-0.05, 0) is 28.5 Å². The van der Waals surface area contributed by atoms with E-state index in [1.54, 1.807) is 0 Å². The molecule has 0 fully saturated rings. The molecule has 0 saturated heterocycles. The quantitative estimate of drug-likeness (QED) is 0.518. The molecule has 176 valence electrons. The molecule has 8 nitrogen and oxygen atoms in total. The molecule has 0 unspecified atom stereocenters. The number of nitrogens with one attached hydrogen (secondary N) is 1. The molecule has 3 rings (SSSR count). The minimum Gasteiger partial charge on any atom is -0.480 e. The monoisotopic (exact) mass is 472 g/mol. The Morgan fingerprint density at radius 1 is 1.09 bits per heavy atom. The zero-order valence-electron chi connectivity index (χ0n) is 18.7. The van der Waals surface area contributed by atoms with Crippen LogP contribution in [0.2, 0.25) is 0 Å². The molecule has 0 saturated carbocycles. The van der Waals surface area contributed by atoms with Crippen molar-refractivity contribution in [3.05, 3.63) is 59.7 Å². The standard InChI is InChI=1S/C24H28N2O6S/c1-31-15-21(23(29)26(11-12-33-2)13-22(27)28)25-24(30)32-14-20-18-9-5-3-7-16(18)17-8-4-6-10-19(17)20/h3-10,20-21H,11-15H2,1-2H3,(H,25,30)(H,27,28)/t21-/m0/s1. The predicted molar refractivity (Wildman–Crippen MR) is 126 cm³/mol. The van der Waals surface area contributed by atoms with Crippen LogP contribution in [0.1, 0.15) is 17.0 Å². The second kappa shape index (κ2) is 11.7. The average molecular weight is 473 g/mol. The first kappa shape index (κ1) is 24.6. The molecule has 0 heterocycles. The number of carboxylic acids is 1. The SMILES string of the molecule is COC[C@H](NC(=O)OCC1c2ccccc2-c2ccccc21)C(=O)N(CCSC)CC(=O)O. The maximum atomic E-state index is 12.9. The van der Waals surface area contributed by atoms with Crippen molar-refractivity contribution in [2.75, 3.05) is 45.4 Å². The summed E-state index contributed by atoms with van der Waals surface area (Å²) < 4.78 is 10.6. The first-order chi connectivity index (χ1) is 16.0. The number of hydrogen-bond donors (Lipinski definition) is 2. The number of carbonyl (C=O) groups is 3. The van der Waals surface area contributed by atoms with E-state index in [4.69, 9.17) is 14.6 Å². The van der Waals surface area contributed by atoms with E-state index in [2.05, 4.69) is 5.32 Å². The minimum atomic E-state index is -1.12. The maximum absolute atomic E-state index is 12.9. The van der Waals surface area contributed by atoms with Gasteiger partial charge >= 0.3 is 12.1 Å². The fourth-order valence-electron chi connectivity index (χ4n) is 3.98. The highest BCUT2D eigenvalue weighted by atomic mass is 32.2. The minimum absolute atomic E-state index is 0.0988. The number of methoxy groups -OCH3 is 1. The summed E-state index contributed by atoms with van der Waals surface area (Å²) in [5, 5.41) is 11.7. The third-order valence-corrected chi connectivity index (χ3v) is 6.06. The number of amides is 2. The smallest absolute Gasteiger partial charge is 0.407 e. The molecule has 0 radical (unpaired) electrons. The van der Waals surface area contributed by atoms with Gasteiger partial charge in [-0.1, -0.05) is 48.5 Å². The number of thioether (sulfide) groups is 1. The van der Waals surface area contributed by atoms with Crippen molar-refractivity contribution < 1.29 is 29.0 Å². The Morgan fingerprint density at radius 3 is 2.24 bits per heavy atom. The van der Waals surface area contributed by atoms with Crippen LogP contribution >= 0.6 is 11.8 Å². The number of hydrogen-bond acceptors (Lipinski definition) is 6. The van der Waals surface area contributed by atoms with Crippen molar-refractivity contribution in [2.45, 2.75) is 12.0 Å². The summed E-state index contributed by atoms with van der Waals surface area (Å²) in [5.74, 6) is -1.18. The van der Waals surface area contributed by atoms with E-state index in [0.29, 0.717) is 5.75 Å². The van der Waals surface area contributed by atoms with Gasteiger partial charge in [-0.25, -0.2) is 4.79 Å². The van der Waals surface area contributed by atoms with Gasteiger partial charge in [-0.15, -0.1) is 0 Å². The van der Waals surface area contributed by atoms with E-state index in [0.717, 1.165) is 22.3 Å². The molecular weight excluding hydrogens is 444 g/mol. The summed E-state index contributed by atoms with van der Waals surface area (Å²) in [6.45, 7) is -0.192. The number of carboxylic acid groups (broad SMARTS) is 1. The number of ether oxygens (including phenoxy) is 2. The summed E-state index contributed by atoms with van der Waals surface area (Å²) >= 11 is 1.49. The zero-order chi connectivity index (χ0) is 23.8. The molecule has 2 aromatic carbocycles. The third-order valence-electron chi connectivity index (χ3n) is 5.47.